The first kappa shape index (κ1) is 17.7. The first-order valence-corrected chi connectivity index (χ1v) is 7.38. The molecule has 0 atom stereocenters. The number of hydrogen-bond donors (Lipinski definition) is 3. The van der Waals surface area contributed by atoms with Crippen molar-refractivity contribution in [2.75, 3.05) is 19.7 Å². The maximum absolute atomic E-state index is 8.86. The molecule has 5 heteroatoms. The van der Waals surface area contributed by atoms with Crippen LogP contribution in [0.5, 0.6) is 0 Å². The Hall–Kier alpha value is -0.320. The smallest absolute Gasteiger partial charge is 0.0556 e. The molecule has 0 saturated heterocycles. The highest BCUT2D eigenvalue weighted by molar-refractivity contribution is 6.30. The van der Waals surface area contributed by atoms with Crippen molar-refractivity contribution in [1.82, 2.24) is 5.32 Å². The quantitative estimate of drug-likeness (QED) is 0.781. The number of rotatable bonds is 5. The van der Waals surface area contributed by atoms with Gasteiger partial charge < -0.3 is 16.2 Å². The molecule has 0 bridgehead atoms. The van der Waals surface area contributed by atoms with Crippen molar-refractivity contribution < 1.29 is 5.11 Å². The Labute approximate surface area is 132 Å². The molecule has 3 nitrogen and oxygen atoms in total. The van der Waals surface area contributed by atoms with E-state index >= 15 is 0 Å². The topological polar surface area (TPSA) is 58.3 Å². The van der Waals surface area contributed by atoms with Crippen molar-refractivity contribution in [3.05, 3.63) is 34.9 Å². The maximum atomic E-state index is 8.86. The summed E-state index contributed by atoms with van der Waals surface area (Å²) in [5.41, 5.74) is 7.40. The minimum atomic E-state index is 0. The minimum absolute atomic E-state index is 0. The molecule has 1 aliphatic carbocycles. The van der Waals surface area contributed by atoms with Gasteiger partial charge in [0, 0.05) is 29.6 Å². The number of aliphatic hydroxyl groups is 1. The summed E-state index contributed by atoms with van der Waals surface area (Å²) in [5.74, 6) is 0. The van der Waals surface area contributed by atoms with Gasteiger partial charge in [0.2, 0.25) is 0 Å². The van der Waals surface area contributed by atoms with Gasteiger partial charge in [0.15, 0.2) is 0 Å². The Morgan fingerprint density at radius 2 is 2.05 bits per heavy atom. The normalized spacial score (nSPS) is 26.1. The predicted molar refractivity (Wildman–Crippen MR) is 86.8 cm³/mol. The molecule has 1 fully saturated rings. The molecule has 0 radical (unpaired) electrons. The second kappa shape index (κ2) is 8.20. The van der Waals surface area contributed by atoms with E-state index < -0.39 is 0 Å². The van der Waals surface area contributed by atoms with Crippen LogP contribution in [0.3, 0.4) is 0 Å². The summed E-state index contributed by atoms with van der Waals surface area (Å²) >= 11 is 6.10. The largest absolute Gasteiger partial charge is 0.395 e. The Balaban J connectivity index is 0.00000200. The van der Waals surface area contributed by atoms with Crippen LogP contribution in [0.25, 0.3) is 0 Å². The molecule has 114 valence electrons. The molecule has 1 aromatic rings. The molecule has 0 amide bonds. The number of benzene rings is 1. The fourth-order valence-corrected chi connectivity index (χ4v) is 3.26. The van der Waals surface area contributed by atoms with Crippen LogP contribution in [0.2, 0.25) is 5.02 Å². The zero-order chi connectivity index (χ0) is 13.7. The Bertz CT molecular complexity index is 407. The second-order valence-electron chi connectivity index (χ2n) is 5.45. The van der Waals surface area contributed by atoms with E-state index in [0.29, 0.717) is 19.1 Å². The van der Waals surface area contributed by atoms with Crippen molar-refractivity contribution in [1.29, 1.82) is 0 Å². The summed E-state index contributed by atoms with van der Waals surface area (Å²) in [4.78, 5) is 0. The number of hydrogen-bond acceptors (Lipinski definition) is 3. The van der Waals surface area contributed by atoms with Gasteiger partial charge in [0.05, 0.1) is 6.61 Å². The number of nitrogens with one attached hydrogen (secondary N) is 1. The van der Waals surface area contributed by atoms with Crippen LogP contribution < -0.4 is 11.1 Å². The highest BCUT2D eigenvalue weighted by atomic mass is 35.5. The lowest BCUT2D eigenvalue weighted by Crippen LogP contribution is -2.44. The molecule has 0 unspecified atom stereocenters. The van der Waals surface area contributed by atoms with Crippen LogP contribution >= 0.6 is 24.0 Å². The van der Waals surface area contributed by atoms with E-state index in [4.69, 9.17) is 22.4 Å². The maximum Gasteiger partial charge on any atom is 0.0556 e. The summed E-state index contributed by atoms with van der Waals surface area (Å²) < 4.78 is 0. The van der Waals surface area contributed by atoms with Gasteiger partial charge in [-0.1, -0.05) is 23.7 Å². The summed E-state index contributed by atoms with van der Waals surface area (Å²) in [6.45, 7) is 1.55. The Morgan fingerprint density at radius 1 is 1.35 bits per heavy atom. The van der Waals surface area contributed by atoms with E-state index in [9.17, 15) is 0 Å². The minimum Gasteiger partial charge on any atom is -0.395 e. The van der Waals surface area contributed by atoms with E-state index in [2.05, 4.69) is 17.4 Å². The van der Waals surface area contributed by atoms with Gasteiger partial charge in [0.25, 0.3) is 0 Å². The van der Waals surface area contributed by atoms with Crippen LogP contribution in [0.15, 0.2) is 24.3 Å². The van der Waals surface area contributed by atoms with Crippen molar-refractivity contribution in [2.45, 2.75) is 37.1 Å². The second-order valence-corrected chi connectivity index (χ2v) is 5.88. The number of halogens is 2. The summed E-state index contributed by atoms with van der Waals surface area (Å²) in [7, 11) is 0. The lowest BCUT2D eigenvalue weighted by molar-refractivity contribution is 0.232. The molecule has 4 N–H and O–H groups in total. The SMILES string of the molecule is Cl.NC[C@]1(c2cccc(Cl)c2)CC[C@@H](NCCO)CC1. The van der Waals surface area contributed by atoms with Crippen LogP contribution in [0.4, 0.5) is 0 Å². The third kappa shape index (κ3) is 4.09. The molecule has 0 aromatic heterocycles. The molecular weight excluding hydrogens is 295 g/mol. The molecule has 1 aromatic carbocycles. The monoisotopic (exact) mass is 318 g/mol. The first-order valence-electron chi connectivity index (χ1n) is 7.00. The molecule has 1 saturated carbocycles. The molecule has 1 aliphatic rings. The van der Waals surface area contributed by atoms with Crippen molar-refractivity contribution in [3.8, 4) is 0 Å². The Kier molecular flexibility index (Phi) is 7.27. The molecule has 0 aliphatic heterocycles. The van der Waals surface area contributed by atoms with E-state index in [-0.39, 0.29) is 24.4 Å². The summed E-state index contributed by atoms with van der Waals surface area (Å²) in [6, 6.07) is 8.61. The molecule has 0 spiro atoms. The fourth-order valence-electron chi connectivity index (χ4n) is 3.07. The Morgan fingerprint density at radius 3 is 2.60 bits per heavy atom. The highest BCUT2D eigenvalue weighted by Crippen LogP contribution is 2.39. The average Bonchev–Trinajstić information content (AvgIpc) is 2.46. The zero-order valence-corrected chi connectivity index (χ0v) is 13.2. The third-order valence-corrected chi connectivity index (χ3v) is 4.55. The standard InChI is InChI=1S/C15H23ClN2O.ClH/c16-13-3-1-2-12(10-13)15(11-17)6-4-14(5-7-15)18-8-9-19;/h1-3,10,14,18-19H,4-9,11,17H2;1H/t14-,15+;. The lowest BCUT2D eigenvalue weighted by Gasteiger charge is -2.40. The predicted octanol–water partition coefficient (Wildman–Crippen LogP) is 2.48. The van der Waals surface area contributed by atoms with Crippen LogP contribution in [0, 0.1) is 0 Å². The molecule has 2 rings (SSSR count). The number of nitrogens with two attached hydrogens (primary N) is 1. The van der Waals surface area contributed by atoms with Gasteiger partial charge in [-0.2, -0.15) is 0 Å². The lowest BCUT2D eigenvalue weighted by atomic mass is 9.68. The molecule has 0 heterocycles. The molecular formula is C15H24Cl2N2O. The summed E-state index contributed by atoms with van der Waals surface area (Å²) in [5, 5.41) is 13.0. The third-order valence-electron chi connectivity index (χ3n) is 4.32. The summed E-state index contributed by atoms with van der Waals surface area (Å²) in [6.07, 6.45) is 4.35. The van der Waals surface area contributed by atoms with E-state index in [1.165, 1.54) is 5.56 Å². The van der Waals surface area contributed by atoms with Gasteiger partial charge in [-0.3, -0.25) is 0 Å². The fraction of sp³-hybridized carbons (Fsp3) is 0.600. The van der Waals surface area contributed by atoms with Gasteiger partial charge in [-0.15, -0.1) is 12.4 Å². The van der Waals surface area contributed by atoms with Crippen molar-refractivity contribution in [3.63, 3.8) is 0 Å². The van der Waals surface area contributed by atoms with Gasteiger partial charge >= 0.3 is 0 Å². The van der Waals surface area contributed by atoms with Crippen LogP contribution in [-0.4, -0.2) is 30.8 Å². The highest BCUT2D eigenvalue weighted by Gasteiger charge is 2.35. The molecule has 20 heavy (non-hydrogen) atoms. The van der Waals surface area contributed by atoms with Crippen molar-refractivity contribution >= 4 is 24.0 Å². The van der Waals surface area contributed by atoms with Gasteiger partial charge in [-0.25, -0.2) is 0 Å². The first-order chi connectivity index (χ1) is 9.20. The number of aliphatic hydroxyl groups excluding tert-OH is 1. The zero-order valence-electron chi connectivity index (χ0n) is 11.6. The van der Waals surface area contributed by atoms with E-state index in [1.807, 2.05) is 12.1 Å². The van der Waals surface area contributed by atoms with Gasteiger partial charge in [-0.05, 0) is 43.4 Å². The van der Waals surface area contributed by atoms with Crippen LogP contribution in [-0.2, 0) is 5.41 Å². The van der Waals surface area contributed by atoms with Gasteiger partial charge in [0.1, 0.15) is 0 Å². The van der Waals surface area contributed by atoms with Crippen LogP contribution in [0.1, 0.15) is 31.2 Å². The van der Waals surface area contributed by atoms with E-state index in [1.54, 1.807) is 0 Å². The average molecular weight is 319 g/mol. The van der Waals surface area contributed by atoms with E-state index in [0.717, 1.165) is 30.7 Å². The van der Waals surface area contributed by atoms with Crippen molar-refractivity contribution in [2.24, 2.45) is 5.73 Å².